The van der Waals surface area contributed by atoms with E-state index in [4.69, 9.17) is 4.74 Å². The maximum atomic E-state index is 12.9. The molecule has 2 heterocycles. The number of pyridine rings is 1. The number of aromatic nitrogens is 4. The Morgan fingerprint density at radius 2 is 1.88 bits per heavy atom. The van der Waals surface area contributed by atoms with Crippen molar-refractivity contribution in [2.45, 2.75) is 20.4 Å². The average molecular weight is 351 g/mol. The molecule has 0 radical (unpaired) electrons. The van der Waals surface area contributed by atoms with Gasteiger partial charge in [-0.1, -0.05) is 18.2 Å². The van der Waals surface area contributed by atoms with E-state index in [1.165, 1.54) is 0 Å². The number of hydrogen-bond acceptors (Lipinski definition) is 5. The van der Waals surface area contributed by atoms with Gasteiger partial charge in [0.15, 0.2) is 0 Å². The second-order valence-electron chi connectivity index (χ2n) is 5.63. The quantitative estimate of drug-likeness (QED) is 0.654. The van der Waals surface area contributed by atoms with Crippen molar-refractivity contribution in [2.24, 2.45) is 0 Å². The van der Waals surface area contributed by atoms with Gasteiger partial charge >= 0.3 is 0 Å². The summed E-state index contributed by atoms with van der Waals surface area (Å²) in [5.74, 6) is 1.40. The summed E-state index contributed by atoms with van der Waals surface area (Å²) in [6.45, 7) is 5.57. The number of para-hydroxylation sites is 1. The standard InChI is InChI=1S/C19H21N5O2/c1-3-23(12-16-7-5-6-8-17(16)26-4-2)19(25)15-9-10-18(20-11-15)24-13-21-22-14-24/h5-11,13-14H,3-4,12H2,1-2H3. The highest BCUT2D eigenvalue weighted by atomic mass is 16.5. The van der Waals surface area contributed by atoms with Gasteiger partial charge < -0.3 is 9.64 Å². The van der Waals surface area contributed by atoms with Crippen LogP contribution in [0.3, 0.4) is 0 Å². The van der Waals surface area contributed by atoms with E-state index in [-0.39, 0.29) is 5.91 Å². The molecule has 7 nitrogen and oxygen atoms in total. The summed E-state index contributed by atoms with van der Waals surface area (Å²) in [6.07, 6.45) is 4.70. The smallest absolute Gasteiger partial charge is 0.255 e. The third-order valence-electron chi connectivity index (χ3n) is 3.98. The molecule has 0 atom stereocenters. The summed E-state index contributed by atoms with van der Waals surface area (Å²) in [5, 5.41) is 7.51. The number of rotatable bonds is 7. The predicted octanol–water partition coefficient (Wildman–Crippen LogP) is 2.72. The lowest BCUT2D eigenvalue weighted by Gasteiger charge is -2.22. The van der Waals surface area contributed by atoms with Crippen molar-refractivity contribution < 1.29 is 9.53 Å². The van der Waals surface area contributed by atoms with Crippen molar-refractivity contribution in [2.75, 3.05) is 13.2 Å². The van der Waals surface area contributed by atoms with E-state index in [1.807, 2.05) is 38.1 Å². The Bertz CT molecular complexity index is 847. The molecule has 0 saturated heterocycles. The van der Waals surface area contributed by atoms with Crippen LogP contribution in [0, 0.1) is 0 Å². The first kappa shape index (κ1) is 17.6. The Balaban J connectivity index is 1.77. The normalized spacial score (nSPS) is 10.5. The van der Waals surface area contributed by atoms with Gasteiger partial charge in [-0.15, -0.1) is 10.2 Å². The fourth-order valence-electron chi connectivity index (χ4n) is 2.63. The Morgan fingerprint density at radius 3 is 2.54 bits per heavy atom. The third kappa shape index (κ3) is 3.88. The number of hydrogen-bond donors (Lipinski definition) is 0. The molecule has 2 aromatic heterocycles. The maximum Gasteiger partial charge on any atom is 0.255 e. The second kappa shape index (κ2) is 8.24. The SMILES string of the molecule is CCOc1ccccc1CN(CC)C(=O)c1ccc(-n2cnnc2)nc1. The van der Waals surface area contributed by atoms with Crippen molar-refractivity contribution in [3.05, 3.63) is 66.4 Å². The molecule has 7 heteroatoms. The van der Waals surface area contributed by atoms with Crippen LogP contribution in [0.4, 0.5) is 0 Å². The molecule has 1 amide bonds. The summed E-state index contributed by atoms with van der Waals surface area (Å²) >= 11 is 0. The number of benzene rings is 1. The molecule has 3 aromatic rings. The Morgan fingerprint density at radius 1 is 1.12 bits per heavy atom. The van der Waals surface area contributed by atoms with Gasteiger partial charge in [-0.2, -0.15) is 0 Å². The number of amides is 1. The van der Waals surface area contributed by atoms with E-state index in [0.29, 0.717) is 31.1 Å². The molecule has 0 saturated carbocycles. The lowest BCUT2D eigenvalue weighted by Crippen LogP contribution is -2.30. The first-order valence-electron chi connectivity index (χ1n) is 8.54. The Labute approximate surface area is 152 Å². The van der Waals surface area contributed by atoms with Gasteiger partial charge in [-0.3, -0.25) is 9.36 Å². The van der Waals surface area contributed by atoms with Crippen molar-refractivity contribution in [1.29, 1.82) is 0 Å². The van der Waals surface area contributed by atoms with E-state index < -0.39 is 0 Å². The molecule has 0 aliphatic heterocycles. The monoisotopic (exact) mass is 351 g/mol. The number of carbonyl (C=O) groups excluding carboxylic acids is 1. The number of ether oxygens (including phenoxy) is 1. The van der Waals surface area contributed by atoms with Crippen molar-refractivity contribution in [3.8, 4) is 11.6 Å². The minimum Gasteiger partial charge on any atom is -0.494 e. The first-order valence-corrected chi connectivity index (χ1v) is 8.54. The largest absolute Gasteiger partial charge is 0.494 e. The maximum absolute atomic E-state index is 12.9. The minimum atomic E-state index is -0.0680. The van der Waals surface area contributed by atoms with Crippen LogP contribution in [0.15, 0.2) is 55.2 Å². The molecule has 0 fully saturated rings. The van der Waals surface area contributed by atoms with Gasteiger partial charge in [0.2, 0.25) is 0 Å². The molecule has 0 N–H and O–H groups in total. The molecule has 134 valence electrons. The molecule has 0 unspecified atom stereocenters. The molecular weight excluding hydrogens is 330 g/mol. The topological polar surface area (TPSA) is 73.1 Å². The molecule has 0 bridgehead atoms. The van der Waals surface area contributed by atoms with E-state index in [1.54, 1.807) is 40.5 Å². The molecule has 0 spiro atoms. The van der Waals surface area contributed by atoms with Crippen LogP contribution in [-0.2, 0) is 6.54 Å². The molecular formula is C19H21N5O2. The molecule has 1 aromatic carbocycles. The molecule has 26 heavy (non-hydrogen) atoms. The number of carbonyl (C=O) groups is 1. The summed E-state index contributed by atoms with van der Waals surface area (Å²) < 4.78 is 7.34. The Kier molecular flexibility index (Phi) is 5.58. The molecule has 3 rings (SSSR count). The van der Waals surface area contributed by atoms with Gasteiger partial charge in [0, 0.05) is 24.8 Å². The minimum absolute atomic E-state index is 0.0680. The predicted molar refractivity (Wildman–Crippen MR) is 97.2 cm³/mol. The zero-order valence-corrected chi connectivity index (χ0v) is 14.9. The van der Waals surface area contributed by atoms with Crippen molar-refractivity contribution in [3.63, 3.8) is 0 Å². The summed E-state index contributed by atoms with van der Waals surface area (Å²) in [5.41, 5.74) is 1.52. The second-order valence-corrected chi connectivity index (χ2v) is 5.63. The lowest BCUT2D eigenvalue weighted by atomic mass is 10.1. The van der Waals surface area contributed by atoms with E-state index in [2.05, 4.69) is 15.2 Å². The van der Waals surface area contributed by atoms with Crippen LogP contribution in [0.2, 0.25) is 0 Å². The zero-order chi connectivity index (χ0) is 18.4. The number of nitrogens with zero attached hydrogens (tertiary/aromatic N) is 5. The van der Waals surface area contributed by atoms with Gasteiger partial charge in [0.05, 0.1) is 12.2 Å². The first-order chi connectivity index (χ1) is 12.7. The van der Waals surface area contributed by atoms with Crippen LogP contribution in [0.25, 0.3) is 5.82 Å². The van der Waals surface area contributed by atoms with E-state index >= 15 is 0 Å². The summed E-state index contributed by atoms with van der Waals surface area (Å²) in [7, 11) is 0. The van der Waals surface area contributed by atoms with Crippen LogP contribution in [-0.4, -0.2) is 43.7 Å². The zero-order valence-electron chi connectivity index (χ0n) is 14.9. The van der Waals surface area contributed by atoms with Crippen LogP contribution >= 0.6 is 0 Å². The van der Waals surface area contributed by atoms with Crippen molar-refractivity contribution >= 4 is 5.91 Å². The lowest BCUT2D eigenvalue weighted by molar-refractivity contribution is 0.0751. The third-order valence-corrected chi connectivity index (χ3v) is 3.98. The van der Waals surface area contributed by atoms with Gasteiger partial charge in [0.25, 0.3) is 5.91 Å². The average Bonchev–Trinajstić information content (AvgIpc) is 3.22. The summed E-state index contributed by atoms with van der Waals surface area (Å²) in [4.78, 5) is 19.0. The molecule has 0 aliphatic rings. The van der Waals surface area contributed by atoms with Gasteiger partial charge in [0.1, 0.15) is 24.2 Å². The van der Waals surface area contributed by atoms with E-state index in [0.717, 1.165) is 11.3 Å². The fourth-order valence-corrected chi connectivity index (χ4v) is 2.63. The van der Waals surface area contributed by atoms with E-state index in [9.17, 15) is 4.79 Å². The highest BCUT2D eigenvalue weighted by molar-refractivity contribution is 5.94. The van der Waals surface area contributed by atoms with Crippen LogP contribution in [0.1, 0.15) is 29.8 Å². The summed E-state index contributed by atoms with van der Waals surface area (Å²) in [6, 6.07) is 11.3. The van der Waals surface area contributed by atoms with Crippen LogP contribution < -0.4 is 4.74 Å². The fraction of sp³-hybridized carbons (Fsp3) is 0.263. The van der Waals surface area contributed by atoms with Crippen molar-refractivity contribution in [1.82, 2.24) is 24.6 Å². The van der Waals surface area contributed by atoms with Gasteiger partial charge in [-0.25, -0.2) is 4.98 Å². The van der Waals surface area contributed by atoms with Gasteiger partial charge in [-0.05, 0) is 32.0 Å². The highest BCUT2D eigenvalue weighted by Gasteiger charge is 2.17. The molecule has 0 aliphatic carbocycles. The highest BCUT2D eigenvalue weighted by Crippen LogP contribution is 2.21. The Hall–Kier alpha value is -3.22. The van der Waals surface area contributed by atoms with Crippen LogP contribution in [0.5, 0.6) is 5.75 Å².